The van der Waals surface area contributed by atoms with Crippen LogP contribution in [0.3, 0.4) is 0 Å². The van der Waals surface area contributed by atoms with Crippen LogP contribution in [0.5, 0.6) is 0 Å². The van der Waals surface area contributed by atoms with E-state index < -0.39 is 0 Å². The molecule has 1 amide bonds. The van der Waals surface area contributed by atoms with E-state index in [0.29, 0.717) is 30.0 Å². The molecular weight excluding hydrogens is 311 g/mol. The summed E-state index contributed by atoms with van der Waals surface area (Å²) in [6.45, 7) is 5.60. The number of carbonyl (C=O) groups is 1. The fraction of sp³-hybridized carbons (Fsp3) is 0.500. The molecule has 3 nitrogen and oxygen atoms in total. The largest absolute Gasteiger partial charge is 0.355 e. The second kappa shape index (κ2) is 7.60. The van der Waals surface area contributed by atoms with E-state index in [2.05, 4.69) is 21.2 Å². The summed E-state index contributed by atoms with van der Waals surface area (Å²) in [6, 6.07) is 4.92. The number of benzene rings is 1. The number of hydrogen-bond donors (Lipinski definition) is 1. The van der Waals surface area contributed by atoms with Crippen molar-refractivity contribution in [3.63, 3.8) is 0 Å². The van der Waals surface area contributed by atoms with Gasteiger partial charge >= 0.3 is 0 Å². The van der Waals surface area contributed by atoms with E-state index >= 15 is 0 Å². The first-order valence-corrected chi connectivity index (χ1v) is 7.07. The Bertz CT molecular complexity index is 437. The maximum Gasteiger partial charge on any atom is 0.234 e. The van der Waals surface area contributed by atoms with Crippen molar-refractivity contribution in [1.29, 1.82) is 0 Å². The molecule has 0 radical (unpaired) electrons. The molecule has 0 heterocycles. The first kappa shape index (κ1) is 16.1. The second-order valence-corrected chi connectivity index (χ2v) is 5.88. The minimum absolute atomic E-state index is 0.0104. The quantitative estimate of drug-likeness (QED) is 0.869. The maximum absolute atomic E-state index is 13.4. The van der Waals surface area contributed by atoms with Crippen molar-refractivity contribution in [2.75, 3.05) is 20.1 Å². The molecule has 0 aliphatic carbocycles. The molecule has 1 aromatic rings. The fourth-order valence-corrected chi connectivity index (χ4v) is 2.03. The number of rotatable bonds is 6. The zero-order valence-electron chi connectivity index (χ0n) is 11.5. The molecule has 0 spiro atoms. The van der Waals surface area contributed by atoms with Crippen LogP contribution in [0, 0.1) is 11.7 Å². The third-order valence-corrected chi connectivity index (χ3v) is 3.48. The van der Waals surface area contributed by atoms with Crippen LogP contribution in [-0.2, 0) is 11.3 Å². The molecule has 0 bridgehead atoms. The Morgan fingerprint density at radius 1 is 1.47 bits per heavy atom. The lowest BCUT2D eigenvalue weighted by molar-refractivity contribution is -0.122. The highest BCUT2D eigenvalue weighted by atomic mass is 79.9. The summed E-state index contributed by atoms with van der Waals surface area (Å²) in [6.07, 6.45) is 0. The Kier molecular flexibility index (Phi) is 6.45. The van der Waals surface area contributed by atoms with Crippen LogP contribution in [0.4, 0.5) is 4.39 Å². The van der Waals surface area contributed by atoms with Gasteiger partial charge in [0, 0.05) is 13.1 Å². The van der Waals surface area contributed by atoms with Crippen molar-refractivity contribution < 1.29 is 9.18 Å². The first-order chi connectivity index (χ1) is 8.90. The van der Waals surface area contributed by atoms with Gasteiger partial charge in [0.15, 0.2) is 0 Å². The average molecular weight is 331 g/mol. The number of nitrogens with zero attached hydrogens (tertiary/aromatic N) is 1. The van der Waals surface area contributed by atoms with Crippen molar-refractivity contribution in [3.05, 3.63) is 34.1 Å². The van der Waals surface area contributed by atoms with Crippen LogP contribution < -0.4 is 5.32 Å². The molecule has 0 saturated heterocycles. The lowest BCUT2D eigenvalue weighted by atomic mass is 10.2. The average Bonchev–Trinajstić information content (AvgIpc) is 2.32. The Hall–Kier alpha value is -0.940. The normalized spacial score (nSPS) is 11.1. The van der Waals surface area contributed by atoms with Gasteiger partial charge in [0.05, 0.1) is 11.0 Å². The van der Waals surface area contributed by atoms with E-state index in [0.717, 1.165) is 5.56 Å². The smallest absolute Gasteiger partial charge is 0.234 e. The zero-order chi connectivity index (χ0) is 14.4. The van der Waals surface area contributed by atoms with E-state index in [1.54, 1.807) is 6.07 Å². The van der Waals surface area contributed by atoms with Gasteiger partial charge in [-0.15, -0.1) is 0 Å². The highest BCUT2D eigenvalue weighted by molar-refractivity contribution is 9.10. The molecule has 0 aliphatic rings. The lowest BCUT2D eigenvalue weighted by Crippen LogP contribution is -2.36. The van der Waals surface area contributed by atoms with Gasteiger partial charge in [-0.05, 0) is 40.5 Å². The molecule has 1 rings (SSSR count). The molecule has 0 fully saturated rings. The van der Waals surface area contributed by atoms with E-state index in [-0.39, 0.29) is 11.7 Å². The van der Waals surface area contributed by atoms with Crippen LogP contribution in [0.25, 0.3) is 0 Å². The van der Waals surface area contributed by atoms with Crippen molar-refractivity contribution in [2.45, 2.75) is 20.4 Å². The van der Waals surface area contributed by atoms with Crippen molar-refractivity contribution in [2.24, 2.45) is 5.92 Å². The summed E-state index contributed by atoms with van der Waals surface area (Å²) in [4.78, 5) is 13.5. The Morgan fingerprint density at radius 3 is 2.79 bits per heavy atom. The third-order valence-electron chi connectivity index (χ3n) is 2.59. The molecule has 1 aromatic carbocycles. The van der Waals surface area contributed by atoms with Crippen LogP contribution in [0.15, 0.2) is 22.7 Å². The van der Waals surface area contributed by atoms with Gasteiger partial charge in [-0.25, -0.2) is 4.39 Å². The lowest BCUT2D eigenvalue weighted by Gasteiger charge is -2.17. The van der Waals surface area contributed by atoms with Gasteiger partial charge in [-0.2, -0.15) is 0 Å². The Balaban J connectivity index is 2.49. The Labute approximate surface area is 122 Å². The highest BCUT2D eigenvalue weighted by Crippen LogP contribution is 2.21. The highest BCUT2D eigenvalue weighted by Gasteiger charge is 2.10. The van der Waals surface area contributed by atoms with Gasteiger partial charge in [0.2, 0.25) is 5.91 Å². The second-order valence-electron chi connectivity index (χ2n) is 5.08. The van der Waals surface area contributed by atoms with Gasteiger partial charge in [0.25, 0.3) is 0 Å². The molecule has 19 heavy (non-hydrogen) atoms. The van der Waals surface area contributed by atoms with E-state index in [9.17, 15) is 9.18 Å². The number of amides is 1. The summed E-state index contributed by atoms with van der Waals surface area (Å²) in [5, 5.41) is 2.86. The van der Waals surface area contributed by atoms with Crippen LogP contribution in [0.1, 0.15) is 19.4 Å². The summed E-state index contributed by atoms with van der Waals surface area (Å²) in [7, 11) is 1.84. The fourth-order valence-electron chi connectivity index (χ4n) is 1.64. The third kappa shape index (κ3) is 5.70. The molecule has 0 aromatic heterocycles. The summed E-state index contributed by atoms with van der Waals surface area (Å²) in [5.41, 5.74) is 0.833. The number of carbonyl (C=O) groups excluding carboxylic acids is 1. The van der Waals surface area contributed by atoms with Gasteiger partial charge in [-0.1, -0.05) is 26.0 Å². The SMILES string of the molecule is CC(C)CNC(=O)CN(C)Cc1cccc(F)c1Br. The van der Waals surface area contributed by atoms with E-state index in [4.69, 9.17) is 0 Å². The van der Waals surface area contributed by atoms with Crippen LogP contribution in [-0.4, -0.2) is 30.9 Å². The number of likely N-dealkylation sites (N-methyl/N-ethyl adjacent to an activating group) is 1. The van der Waals surface area contributed by atoms with Crippen molar-refractivity contribution >= 4 is 21.8 Å². The predicted octanol–water partition coefficient (Wildman–Crippen LogP) is 2.79. The summed E-state index contributed by atoms with van der Waals surface area (Å²) >= 11 is 3.22. The molecule has 1 N–H and O–H groups in total. The van der Waals surface area contributed by atoms with Gasteiger partial charge in [-0.3, -0.25) is 9.69 Å². The molecule has 0 unspecified atom stereocenters. The van der Waals surface area contributed by atoms with Crippen LogP contribution >= 0.6 is 15.9 Å². The predicted molar refractivity (Wildman–Crippen MR) is 78.3 cm³/mol. The van der Waals surface area contributed by atoms with Crippen molar-refractivity contribution in [3.8, 4) is 0 Å². The maximum atomic E-state index is 13.4. The molecule has 0 atom stereocenters. The number of halogens is 2. The monoisotopic (exact) mass is 330 g/mol. The molecular formula is C14H20BrFN2O. The van der Waals surface area contributed by atoms with Gasteiger partial charge < -0.3 is 5.32 Å². The summed E-state index contributed by atoms with van der Waals surface area (Å²) in [5.74, 6) is 0.144. The van der Waals surface area contributed by atoms with Gasteiger partial charge in [0.1, 0.15) is 5.82 Å². The van der Waals surface area contributed by atoms with Crippen molar-refractivity contribution in [1.82, 2.24) is 10.2 Å². The zero-order valence-corrected chi connectivity index (χ0v) is 13.1. The molecule has 0 aliphatic heterocycles. The minimum Gasteiger partial charge on any atom is -0.355 e. The van der Waals surface area contributed by atoms with E-state index in [1.807, 2.05) is 31.9 Å². The first-order valence-electron chi connectivity index (χ1n) is 6.28. The Morgan fingerprint density at radius 2 is 2.16 bits per heavy atom. The standard InChI is InChI=1S/C14H20BrFN2O/c1-10(2)7-17-13(19)9-18(3)8-11-5-4-6-12(16)14(11)15/h4-6,10H,7-9H2,1-3H3,(H,17,19). The number of hydrogen-bond acceptors (Lipinski definition) is 2. The molecule has 106 valence electrons. The van der Waals surface area contributed by atoms with E-state index in [1.165, 1.54) is 6.07 Å². The minimum atomic E-state index is -0.282. The summed E-state index contributed by atoms with van der Waals surface area (Å²) < 4.78 is 13.8. The topological polar surface area (TPSA) is 32.3 Å². The number of nitrogens with one attached hydrogen (secondary N) is 1. The molecule has 5 heteroatoms. The molecule has 0 saturated carbocycles. The van der Waals surface area contributed by atoms with Crippen LogP contribution in [0.2, 0.25) is 0 Å².